The fourth-order valence-electron chi connectivity index (χ4n) is 1.08. The Morgan fingerprint density at radius 2 is 1.94 bits per heavy atom. The van der Waals surface area contributed by atoms with Crippen molar-refractivity contribution in [3.05, 3.63) is 0 Å². The molecule has 0 aromatic heterocycles. The van der Waals surface area contributed by atoms with Gasteiger partial charge in [-0.2, -0.15) is 0 Å². The predicted molar refractivity (Wildman–Crippen MR) is 65.5 cm³/mol. The van der Waals surface area contributed by atoms with Gasteiger partial charge in [0.15, 0.2) is 6.10 Å². The molecule has 0 aliphatic heterocycles. The maximum absolute atomic E-state index is 11.3. The third kappa shape index (κ3) is 8.77. The summed E-state index contributed by atoms with van der Waals surface area (Å²) in [6.45, 7) is 5.45. The SMILES string of the molecule is COC(CNC(=O)NCCOCC(C)C)C(=O)O. The van der Waals surface area contributed by atoms with Crippen molar-refractivity contribution in [3.8, 4) is 0 Å². The highest BCUT2D eigenvalue weighted by atomic mass is 16.5. The predicted octanol–water partition coefficient (Wildman–Crippen LogP) is 0.0578. The lowest BCUT2D eigenvalue weighted by Crippen LogP contribution is -2.43. The largest absolute Gasteiger partial charge is 0.479 e. The number of urea groups is 1. The molecule has 0 rings (SSSR count). The van der Waals surface area contributed by atoms with Crippen LogP contribution in [-0.4, -0.2) is 56.6 Å². The van der Waals surface area contributed by atoms with Crippen molar-refractivity contribution in [2.45, 2.75) is 20.0 Å². The van der Waals surface area contributed by atoms with Gasteiger partial charge in [-0.3, -0.25) is 0 Å². The molecule has 106 valence electrons. The van der Waals surface area contributed by atoms with Crippen molar-refractivity contribution in [1.29, 1.82) is 0 Å². The Hall–Kier alpha value is -1.34. The molecule has 7 heteroatoms. The minimum absolute atomic E-state index is 0.0789. The summed E-state index contributed by atoms with van der Waals surface area (Å²) in [5, 5.41) is 13.6. The number of nitrogens with one attached hydrogen (secondary N) is 2. The van der Waals surface area contributed by atoms with Crippen LogP contribution in [-0.2, 0) is 14.3 Å². The van der Waals surface area contributed by atoms with Crippen molar-refractivity contribution in [2.24, 2.45) is 5.92 Å². The van der Waals surface area contributed by atoms with E-state index in [1.807, 2.05) is 13.8 Å². The summed E-state index contributed by atoms with van der Waals surface area (Å²) in [6.07, 6.45) is -1.03. The molecular formula is C11H22N2O5. The third-order valence-electron chi connectivity index (χ3n) is 1.99. The number of carboxylic acids is 1. The van der Waals surface area contributed by atoms with Gasteiger partial charge in [0, 0.05) is 20.3 Å². The molecule has 18 heavy (non-hydrogen) atoms. The highest BCUT2D eigenvalue weighted by Gasteiger charge is 2.16. The number of ether oxygens (including phenoxy) is 2. The Bertz CT molecular complexity index is 258. The fraction of sp³-hybridized carbons (Fsp3) is 0.818. The van der Waals surface area contributed by atoms with Gasteiger partial charge < -0.3 is 25.2 Å². The zero-order valence-electron chi connectivity index (χ0n) is 11.1. The number of aliphatic carboxylic acids is 1. The number of rotatable bonds is 9. The molecule has 3 N–H and O–H groups in total. The van der Waals surface area contributed by atoms with Gasteiger partial charge in [0.2, 0.25) is 0 Å². The number of methoxy groups -OCH3 is 1. The number of hydrogen-bond donors (Lipinski definition) is 3. The molecule has 0 radical (unpaired) electrons. The van der Waals surface area contributed by atoms with Crippen molar-refractivity contribution in [1.82, 2.24) is 10.6 Å². The topological polar surface area (TPSA) is 96.9 Å². The van der Waals surface area contributed by atoms with Crippen molar-refractivity contribution < 1.29 is 24.2 Å². The number of carboxylic acid groups (broad SMARTS) is 1. The molecule has 0 fully saturated rings. The monoisotopic (exact) mass is 262 g/mol. The van der Waals surface area contributed by atoms with Gasteiger partial charge in [0.1, 0.15) is 0 Å². The molecule has 0 aliphatic rings. The lowest BCUT2D eigenvalue weighted by molar-refractivity contribution is -0.147. The average Bonchev–Trinajstić information content (AvgIpc) is 2.28. The van der Waals surface area contributed by atoms with Crippen LogP contribution in [0.5, 0.6) is 0 Å². The smallest absolute Gasteiger partial charge is 0.334 e. The lowest BCUT2D eigenvalue weighted by atomic mass is 10.2. The molecule has 0 aromatic rings. The van der Waals surface area contributed by atoms with E-state index >= 15 is 0 Å². The first-order valence-corrected chi connectivity index (χ1v) is 5.82. The van der Waals surface area contributed by atoms with E-state index in [0.717, 1.165) is 0 Å². The summed E-state index contributed by atoms with van der Waals surface area (Å²) in [5.74, 6) is -0.657. The minimum Gasteiger partial charge on any atom is -0.479 e. The van der Waals surface area contributed by atoms with Gasteiger partial charge in [-0.25, -0.2) is 9.59 Å². The number of carbonyl (C=O) groups is 2. The highest BCUT2D eigenvalue weighted by molar-refractivity contribution is 5.76. The molecule has 0 bridgehead atoms. The number of carbonyl (C=O) groups excluding carboxylic acids is 1. The first kappa shape index (κ1) is 16.7. The van der Waals surface area contributed by atoms with Crippen LogP contribution in [0.2, 0.25) is 0 Å². The van der Waals surface area contributed by atoms with Crippen LogP contribution in [0.15, 0.2) is 0 Å². The van der Waals surface area contributed by atoms with Crippen LogP contribution in [0.4, 0.5) is 4.79 Å². The maximum Gasteiger partial charge on any atom is 0.334 e. The number of amides is 2. The van der Waals surface area contributed by atoms with E-state index in [9.17, 15) is 9.59 Å². The fourth-order valence-corrected chi connectivity index (χ4v) is 1.08. The van der Waals surface area contributed by atoms with E-state index in [1.165, 1.54) is 7.11 Å². The molecule has 0 spiro atoms. The van der Waals surface area contributed by atoms with Crippen LogP contribution in [0.25, 0.3) is 0 Å². The summed E-state index contributed by atoms with van der Waals surface area (Å²) in [4.78, 5) is 21.8. The van der Waals surface area contributed by atoms with Gasteiger partial charge in [-0.1, -0.05) is 13.8 Å². The molecule has 0 aromatic carbocycles. The van der Waals surface area contributed by atoms with Crippen molar-refractivity contribution in [3.63, 3.8) is 0 Å². The first-order chi connectivity index (χ1) is 8.47. The van der Waals surface area contributed by atoms with Gasteiger partial charge in [-0.15, -0.1) is 0 Å². The Kier molecular flexibility index (Phi) is 8.95. The standard InChI is InChI=1S/C11H22N2O5/c1-8(2)7-18-5-4-12-11(16)13-6-9(17-3)10(14)15/h8-9H,4-7H2,1-3H3,(H,14,15)(H2,12,13,16). The Labute approximate surface area is 107 Å². The average molecular weight is 262 g/mol. The van der Waals surface area contributed by atoms with E-state index < -0.39 is 18.1 Å². The Morgan fingerprint density at radius 1 is 1.28 bits per heavy atom. The molecule has 2 amide bonds. The number of hydrogen-bond acceptors (Lipinski definition) is 4. The summed E-state index contributed by atoms with van der Waals surface area (Å²) < 4.78 is 9.93. The molecule has 0 heterocycles. The normalized spacial score (nSPS) is 12.2. The van der Waals surface area contributed by atoms with E-state index in [-0.39, 0.29) is 6.54 Å². The molecular weight excluding hydrogens is 240 g/mol. The lowest BCUT2D eigenvalue weighted by Gasteiger charge is -2.12. The Morgan fingerprint density at radius 3 is 2.44 bits per heavy atom. The summed E-state index contributed by atoms with van der Waals surface area (Å²) >= 11 is 0. The van der Waals surface area contributed by atoms with Crippen LogP contribution < -0.4 is 10.6 Å². The third-order valence-corrected chi connectivity index (χ3v) is 1.99. The second kappa shape index (κ2) is 9.67. The van der Waals surface area contributed by atoms with Crippen LogP contribution in [0.1, 0.15) is 13.8 Å². The molecule has 0 saturated heterocycles. The second-order valence-corrected chi connectivity index (χ2v) is 4.17. The van der Waals surface area contributed by atoms with E-state index in [1.54, 1.807) is 0 Å². The van der Waals surface area contributed by atoms with E-state index in [0.29, 0.717) is 25.7 Å². The summed E-state index contributed by atoms with van der Waals surface area (Å²) in [5.41, 5.74) is 0. The van der Waals surface area contributed by atoms with Gasteiger partial charge >= 0.3 is 12.0 Å². The molecule has 1 atom stereocenters. The van der Waals surface area contributed by atoms with Crippen LogP contribution in [0.3, 0.4) is 0 Å². The maximum atomic E-state index is 11.3. The summed E-state index contributed by atoms with van der Waals surface area (Å²) in [7, 11) is 1.28. The minimum atomic E-state index is -1.11. The molecule has 0 saturated carbocycles. The molecule has 1 unspecified atom stereocenters. The molecule has 0 aliphatic carbocycles. The second-order valence-electron chi connectivity index (χ2n) is 4.17. The van der Waals surface area contributed by atoms with Crippen molar-refractivity contribution in [2.75, 3.05) is 33.4 Å². The highest BCUT2D eigenvalue weighted by Crippen LogP contribution is 1.91. The first-order valence-electron chi connectivity index (χ1n) is 5.82. The van der Waals surface area contributed by atoms with Crippen LogP contribution in [0, 0.1) is 5.92 Å². The zero-order valence-corrected chi connectivity index (χ0v) is 11.1. The summed E-state index contributed by atoms with van der Waals surface area (Å²) in [6, 6.07) is -0.438. The van der Waals surface area contributed by atoms with Gasteiger partial charge in [0.25, 0.3) is 0 Å². The quantitative estimate of drug-likeness (QED) is 0.510. The van der Waals surface area contributed by atoms with Crippen molar-refractivity contribution >= 4 is 12.0 Å². The molecule has 7 nitrogen and oxygen atoms in total. The van der Waals surface area contributed by atoms with Crippen LogP contribution >= 0.6 is 0 Å². The van der Waals surface area contributed by atoms with E-state index in [4.69, 9.17) is 9.84 Å². The zero-order chi connectivity index (χ0) is 14.0. The Balaban J connectivity index is 3.56. The van der Waals surface area contributed by atoms with E-state index in [2.05, 4.69) is 15.4 Å². The van der Waals surface area contributed by atoms with Gasteiger partial charge in [-0.05, 0) is 5.92 Å². The van der Waals surface area contributed by atoms with Gasteiger partial charge in [0.05, 0.1) is 13.2 Å².